The molecule has 2 aromatic rings. The van der Waals surface area contributed by atoms with Gasteiger partial charge in [-0.05, 0) is 26.0 Å². The molecule has 3 heterocycles. The third kappa shape index (κ3) is 2.61. The van der Waals surface area contributed by atoms with E-state index in [2.05, 4.69) is 10.3 Å². The van der Waals surface area contributed by atoms with E-state index in [9.17, 15) is 9.59 Å². The van der Waals surface area contributed by atoms with Gasteiger partial charge in [-0.15, -0.1) is 0 Å². The molecule has 1 aliphatic rings. The van der Waals surface area contributed by atoms with E-state index in [1.54, 1.807) is 26.0 Å². The van der Waals surface area contributed by atoms with Gasteiger partial charge >= 0.3 is 6.03 Å². The van der Waals surface area contributed by atoms with Crippen LogP contribution in [0.5, 0.6) is 0 Å². The number of hydrogen-bond donors (Lipinski definition) is 1. The quantitative estimate of drug-likeness (QED) is 0.842. The van der Waals surface area contributed by atoms with E-state index in [0.29, 0.717) is 23.1 Å². The average Bonchev–Trinajstić information content (AvgIpc) is 3.17. The molecule has 0 aromatic carbocycles. The Hall–Kier alpha value is -2.61. The lowest BCUT2D eigenvalue weighted by molar-refractivity contribution is -0.132. The SMILES string of the molecule is COC[C@@]1(C)NC(=O)N(Cc2nc(-c3ccco3)oc2C)C1=O. The minimum atomic E-state index is -1.06. The van der Waals surface area contributed by atoms with Gasteiger partial charge in [-0.1, -0.05) is 0 Å². The topological polar surface area (TPSA) is 97.8 Å². The Bertz CT molecular complexity index is 736. The Balaban J connectivity index is 1.82. The molecule has 0 bridgehead atoms. The number of amides is 3. The maximum absolute atomic E-state index is 12.5. The number of imide groups is 1. The summed E-state index contributed by atoms with van der Waals surface area (Å²) in [4.78, 5) is 30.0. The van der Waals surface area contributed by atoms with Crippen LogP contribution in [0.25, 0.3) is 11.7 Å². The molecule has 122 valence electrons. The molecule has 1 fully saturated rings. The van der Waals surface area contributed by atoms with Crippen LogP contribution in [0.3, 0.4) is 0 Å². The molecule has 3 amide bonds. The minimum Gasteiger partial charge on any atom is -0.459 e. The van der Waals surface area contributed by atoms with Gasteiger partial charge in [-0.25, -0.2) is 9.78 Å². The fourth-order valence-corrected chi connectivity index (χ4v) is 2.51. The van der Waals surface area contributed by atoms with E-state index in [1.807, 2.05) is 0 Å². The lowest BCUT2D eigenvalue weighted by atomic mass is 10.0. The molecule has 0 radical (unpaired) electrons. The van der Waals surface area contributed by atoms with Crippen molar-refractivity contribution in [3.63, 3.8) is 0 Å². The Morgan fingerprint density at radius 3 is 2.87 bits per heavy atom. The number of hydrogen-bond acceptors (Lipinski definition) is 6. The molecule has 0 aliphatic carbocycles. The number of urea groups is 1. The Kier molecular flexibility index (Phi) is 3.69. The second kappa shape index (κ2) is 5.54. The fraction of sp³-hybridized carbons (Fsp3) is 0.400. The van der Waals surface area contributed by atoms with Gasteiger partial charge in [0, 0.05) is 7.11 Å². The van der Waals surface area contributed by atoms with Crippen molar-refractivity contribution in [2.75, 3.05) is 13.7 Å². The molecule has 1 N–H and O–H groups in total. The number of carbonyl (C=O) groups excluding carboxylic acids is 2. The number of aromatic nitrogens is 1. The highest BCUT2D eigenvalue weighted by Gasteiger charge is 2.48. The lowest BCUT2D eigenvalue weighted by Crippen LogP contribution is -2.47. The summed E-state index contributed by atoms with van der Waals surface area (Å²) in [7, 11) is 1.48. The molecule has 3 rings (SSSR count). The fourth-order valence-electron chi connectivity index (χ4n) is 2.51. The van der Waals surface area contributed by atoms with E-state index in [0.717, 1.165) is 4.90 Å². The summed E-state index contributed by atoms with van der Waals surface area (Å²) in [5.74, 6) is 0.971. The summed E-state index contributed by atoms with van der Waals surface area (Å²) in [6.07, 6.45) is 1.52. The number of furan rings is 1. The highest BCUT2D eigenvalue weighted by atomic mass is 16.5. The Morgan fingerprint density at radius 2 is 2.22 bits per heavy atom. The van der Waals surface area contributed by atoms with Crippen molar-refractivity contribution < 1.29 is 23.2 Å². The zero-order valence-electron chi connectivity index (χ0n) is 13.1. The average molecular weight is 319 g/mol. The van der Waals surface area contributed by atoms with Crippen molar-refractivity contribution in [3.05, 3.63) is 29.9 Å². The Labute approximate surface area is 132 Å². The monoisotopic (exact) mass is 319 g/mol. The highest BCUT2D eigenvalue weighted by Crippen LogP contribution is 2.25. The van der Waals surface area contributed by atoms with Crippen LogP contribution in [0.15, 0.2) is 27.2 Å². The molecule has 8 nitrogen and oxygen atoms in total. The van der Waals surface area contributed by atoms with Gasteiger partial charge in [0.25, 0.3) is 11.8 Å². The first-order valence-corrected chi connectivity index (χ1v) is 7.08. The summed E-state index contributed by atoms with van der Waals surface area (Å²) in [5, 5.41) is 2.64. The van der Waals surface area contributed by atoms with Crippen molar-refractivity contribution in [1.82, 2.24) is 15.2 Å². The number of oxazole rings is 1. The largest absolute Gasteiger partial charge is 0.459 e. The number of aryl methyl sites for hydroxylation is 1. The van der Waals surface area contributed by atoms with Gasteiger partial charge in [0.05, 0.1) is 19.4 Å². The van der Waals surface area contributed by atoms with Crippen molar-refractivity contribution in [3.8, 4) is 11.7 Å². The molecule has 1 saturated heterocycles. The summed E-state index contributed by atoms with van der Waals surface area (Å²) in [6.45, 7) is 3.48. The third-order valence-electron chi connectivity index (χ3n) is 3.71. The number of nitrogens with zero attached hydrogens (tertiary/aromatic N) is 2. The van der Waals surface area contributed by atoms with E-state index < -0.39 is 11.6 Å². The number of carbonyl (C=O) groups is 2. The van der Waals surface area contributed by atoms with Gasteiger partial charge < -0.3 is 18.9 Å². The molecule has 0 unspecified atom stereocenters. The standard InChI is InChI=1S/C15H17N3O5/c1-9-10(16-12(23-9)11-5-4-6-22-11)7-18-13(19)15(2,8-21-3)17-14(18)20/h4-6H,7-8H2,1-3H3,(H,17,20)/t15-/m1/s1. The first-order valence-electron chi connectivity index (χ1n) is 7.08. The van der Waals surface area contributed by atoms with Gasteiger partial charge in [-0.3, -0.25) is 9.69 Å². The molecule has 1 atom stereocenters. The molecular formula is C15H17N3O5. The van der Waals surface area contributed by atoms with Crippen LogP contribution in [-0.4, -0.2) is 41.1 Å². The molecule has 0 spiro atoms. The molecule has 23 heavy (non-hydrogen) atoms. The smallest absolute Gasteiger partial charge is 0.325 e. The molecule has 2 aromatic heterocycles. The van der Waals surface area contributed by atoms with Crippen molar-refractivity contribution in [2.45, 2.75) is 25.9 Å². The van der Waals surface area contributed by atoms with E-state index in [-0.39, 0.29) is 19.1 Å². The summed E-state index contributed by atoms with van der Waals surface area (Å²) in [6, 6.07) is 2.97. The van der Waals surface area contributed by atoms with Crippen LogP contribution >= 0.6 is 0 Å². The summed E-state index contributed by atoms with van der Waals surface area (Å²) >= 11 is 0. The van der Waals surface area contributed by atoms with Crippen molar-refractivity contribution in [2.24, 2.45) is 0 Å². The molecule has 1 aliphatic heterocycles. The second-order valence-corrected chi connectivity index (χ2v) is 5.59. The molecule has 8 heteroatoms. The van der Waals surface area contributed by atoms with Gasteiger partial charge in [-0.2, -0.15) is 0 Å². The summed E-state index contributed by atoms with van der Waals surface area (Å²) in [5.41, 5.74) is -0.561. The molecular weight excluding hydrogens is 302 g/mol. The van der Waals surface area contributed by atoms with Crippen molar-refractivity contribution >= 4 is 11.9 Å². The summed E-state index contributed by atoms with van der Waals surface area (Å²) < 4.78 is 15.8. The van der Waals surface area contributed by atoms with Crippen LogP contribution in [0.4, 0.5) is 4.79 Å². The van der Waals surface area contributed by atoms with E-state index in [4.69, 9.17) is 13.6 Å². The first kappa shape index (κ1) is 15.3. The van der Waals surface area contributed by atoms with Crippen LogP contribution in [-0.2, 0) is 16.1 Å². The van der Waals surface area contributed by atoms with Crippen LogP contribution in [0.2, 0.25) is 0 Å². The van der Waals surface area contributed by atoms with Crippen LogP contribution in [0.1, 0.15) is 18.4 Å². The number of nitrogens with one attached hydrogen (secondary N) is 1. The normalized spacial score (nSPS) is 21.1. The van der Waals surface area contributed by atoms with Gasteiger partial charge in [0.2, 0.25) is 0 Å². The zero-order chi connectivity index (χ0) is 16.6. The Morgan fingerprint density at radius 1 is 1.43 bits per heavy atom. The van der Waals surface area contributed by atoms with Crippen LogP contribution < -0.4 is 5.32 Å². The van der Waals surface area contributed by atoms with Crippen LogP contribution in [0, 0.1) is 6.92 Å². The minimum absolute atomic E-state index is 0.0278. The third-order valence-corrected chi connectivity index (χ3v) is 3.71. The van der Waals surface area contributed by atoms with Crippen molar-refractivity contribution in [1.29, 1.82) is 0 Å². The predicted molar refractivity (Wildman–Crippen MR) is 78.3 cm³/mol. The van der Waals surface area contributed by atoms with E-state index >= 15 is 0 Å². The van der Waals surface area contributed by atoms with Gasteiger partial charge in [0.1, 0.15) is 17.0 Å². The highest BCUT2D eigenvalue weighted by molar-refractivity contribution is 6.06. The number of rotatable bonds is 5. The number of methoxy groups -OCH3 is 1. The lowest BCUT2D eigenvalue weighted by Gasteiger charge is -2.20. The second-order valence-electron chi connectivity index (χ2n) is 5.59. The predicted octanol–water partition coefficient (Wildman–Crippen LogP) is 1.70. The van der Waals surface area contributed by atoms with Gasteiger partial charge in [0.15, 0.2) is 5.76 Å². The maximum Gasteiger partial charge on any atom is 0.325 e. The zero-order valence-corrected chi connectivity index (χ0v) is 13.1. The van der Waals surface area contributed by atoms with E-state index in [1.165, 1.54) is 13.4 Å². The first-order chi connectivity index (χ1) is 10.9. The maximum atomic E-state index is 12.5. The number of ether oxygens (including phenoxy) is 1. The molecule has 0 saturated carbocycles.